The Hall–Kier alpha value is -2.24. The Morgan fingerprint density at radius 2 is 1.75 bits per heavy atom. The van der Waals surface area contributed by atoms with E-state index < -0.39 is 6.04 Å². The van der Waals surface area contributed by atoms with Crippen LogP contribution in [0.3, 0.4) is 0 Å². The molecule has 1 fully saturated rings. The van der Waals surface area contributed by atoms with E-state index >= 15 is 0 Å². The van der Waals surface area contributed by atoms with Crippen LogP contribution in [0.4, 0.5) is 0 Å². The van der Waals surface area contributed by atoms with Gasteiger partial charge in [0, 0.05) is 19.5 Å². The van der Waals surface area contributed by atoms with Crippen LogP contribution in [0.25, 0.3) is 0 Å². The summed E-state index contributed by atoms with van der Waals surface area (Å²) in [6.45, 7) is 4.36. The first-order valence-corrected chi connectivity index (χ1v) is 10.1. The summed E-state index contributed by atoms with van der Waals surface area (Å²) in [6, 6.07) is 5.10. The van der Waals surface area contributed by atoms with Gasteiger partial charge in [-0.1, -0.05) is 39.2 Å². The molecule has 28 heavy (non-hydrogen) atoms. The lowest BCUT2D eigenvalue weighted by Crippen LogP contribution is -2.51. The molecule has 0 saturated heterocycles. The number of carbonyl (C=O) groups is 2. The van der Waals surface area contributed by atoms with E-state index in [1.165, 1.54) is 6.42 Å². The number of hydrogen-bond donors (Lipinski definition) is 1. The number of nitrogens with zero attached hydrogens (tertiary/aromatic N) is 1. The number of likely N-dealkylation sites (N-methyl/N-ethyl adjacent to an activating group) is 1. The van der Waals surface area contributed by atoms with Gasteiger partial charge in [-0.15, -0.1) is 0 Å². The normalized spacial score (nSPS) is 15.8. The third kappa shape index (κ3) is 5.63. The van der Waals surface area contributed by atoms with Gasteiger partial charge < -0.3 is 19.7 Å². The maximum absolute atomic E-state index is 13.0. The molecule has 1 saturated carbocycles. The summed E-state index contributed by atoms with van der Waals surface area (Å²) in [4.78, 5) is 27.3. The van der Waals surface area contributed by atoms with Gasteiger partial charge >= 0.3 is 0 Å². The first kappa shape index (κ1) is 22.1. The van der Waals surface area contributed by atoms with Gasteiger partial charge in [0.2, 0.25) is 11.8 Å². The molecule has 0 radical (unpaired) electrons. The molecule has 6 heteroatoms. The van der Waals surface area contributed by atoms with Crippen molar-refractivity contribution < 1.29 is 19.1 Å². The molecule has 0 heterocycles. The van der Waals surface area contributed by atoms with Crippen LogP contribution in [0, 0.1) is 11.8 Å². The minimum Gasteiger partial charge on any atom is -0.493 e. The Morgan fingerprint density at radius 1 is 1.11 bits per heavy atom. The minimum atomic E-state index is -0.514. The quantitative estimate of drug-likeness (QED) is 0.739. The van der Waals surface area contributed by atoms with Crippen molar-refractivity contribution in [2.24, 2.45) is 11.8 Å². The van der Waals surface area contributed by atoms with Crippen molar-refractivity contribution in [1.29, 1.82) is 0 Å². The van der Waals surface area contributed by atoms with Gasteiger partial charge in [0.05, 0.1) is 14.2 Å². The lowest BCUT2D eigenvalue weighted by molar-refractivity contribution is -0.138. The summed E-state index contributed by atoms with van der Waals surface area (Å²) >= 11 is 0. The zero-order valence-electron chi connectivity index (χ0n) is 17.8. The molecule has 1 N–H and O–H groups in total. The molecule has 1 aliphatic carbocycles. The van der Waals surface area contributed by atoms with Gasteiger partial charge in [0.15, 0.2) is 11.5 Å². The Morgan fingerprint density at radius 3 is 2.32 bits per heavy atom. The van der Waals surface area contributed by atoms with Crippen molar-refractivity contribution in [3.05, 3.63) is 23.8 Å². The van der Waals surface area contributed by atoms with Crippen molar-refractivity contribution in [3.63, 3.8) is 0 Å². The summed E-state index contributed by atoms with van der Waals surface area (Å²) in [5.41, 5.74) is 0.939. The second-order valence-corrected chi connectivity index (χ2v) is 7.95. The lowest BCUT2D eigenvalue weighted by Gasteiger charge is -2.29. The van der Waals surface area contributed by atoms with E-state index in [1.807, 2.05) is 32.0 Å². The van der Waals surface area contributed by atoms with Gasteiger partial charge in [0.1, 0.15) is 6.04 Å². The molecule has 0 aromatic heterocycles. The van der Waals surface area contributed by atoms with Gasteiger partial charge in [-0.2, -0.15) is 0 Å². The summed E-state index contributed by atoms with van der Waals surface area (Å²) in [5, 5.41) is 3.02. The molecule has 1 aromatic carbocycles. The number of methoxy groups -OCH3 is 2. The van der Waals surface area contributed by atoms with Crippen molar-refractivity contribution in [3.8, 4) is 11.5 Å². The highest BCUT2D eigenvalue weighted by Gasteiger charge is 2.30. The third-order valence-electron chi connectivity index (χ3n) is 5.45. The molecular formula is C22H34N2O4. The molecule has 2 amide bonds. The second-order valence-electron chi connectivity index (χ2n) is 7.95. The molecule has 156 valence electrons. The molecular weight excluding hydrogens is 356 g/mol. The van der Waals surface area contributed by atoms with E-state index in [4.69, 9.17) is 9.47 Å². The zero-order chi connectivity index (χ0) is 20.7. The number of nitrogens with one attached hydrogen (secondary N) is 1. The van der Waals surface area contributed by atoms with Crippen LogP contribution in [0.1, 0.15) is 51.5 Å². The molecule has 6 nitrogen and oxygen atoms in total. The lowest BCUT2D eigenvalue weighted by atomic mass is 9.88. The zero-order valence-corrected chi connectivity index (χ0v) is 17.8. The van der Waals surface area contributed by atoms with Crippen molar-refractivity contribution in [2.45, 2.75) is 58.5 Å². The van der Waals surface area contributed by atoms with Gasteiger partial charge in [0.25, 0.3) is 0 Å². The van der Waals surface area contributed by atoms with Crippen LogP contribution < -0.4 is 14.8 Å². The van der Waals surface area contributed by atoms with E-state index in [0.717, 1.165) is 31.2 Å². The summed E-state index contributed by atoms with van der Waals surface area (Å²) in [7, 11) is 4.95. The molecule has 0 bridgehead atoms. The van der Waals surface area contributed by atoms with Gasteiger partial charge in [-0.25, -0.2) is 0 Å². The number of ether oxygens (including phenoxy) is 2. The predicted octanol–water partition coefficient (Wildman–Crippen LogP) is 3.38. The Balaban J connectivity index is 2.04. The average molecular weight is 391 g/mol. The van der Waals surface area contributed by atoms with Crippen LogP contribution in [0.15, 0.2) is 18.2 Å². The first-order chi connectivity index (χ1) is 13.4. The molecule has 1 aliphatic rings. The second kappa shape index (κ2) is 10.3. The maximum Gasteiger partial charge on any atom is 0.245 e. The number of hydrogen-bond acceptors (Lipinski definition) is 4. The monoisotopic (exact) mass is 390 g/mol. The van der Waals surface area contributed by atoms with E-state index in [2.05, 4.69) is 5.32 Å². The van der Waals surface area contributed by atoms with Crippen molar-refractivity contribution in [1.82, 2.24) is 10.2 Å². The Bertz CT molecular complexity index is 669. The fraction of sp³-hybridized carbons (Fsp3) is 0.636. The smallest absolute Gasteiger partial charge is 0.245 e. The molecule has 1 aromatic rings. The highest BCUT2D eigenvalue weighted by Crippen LogP contribution is 2.28. The van der Waals surface area contributed by atoms with Crippen LogP contribution >= 0.6 is 0 Å². The van der Waals surface area contributed by atoms with E-state index in [9.17, 15) is 9.59 Å². The molecule has 0 spiro atoms. The Labute approximate surface area is 168 Å². The molecule has 2 rings (SSSR count). The summed E-state index contributed by atoms with van der Waals surface area (Å²) in [6.07, 6.45) is 5.23. The third-order valence-corrected chi connectivity index (χ3v) is 5.45. The first-order valence-electron chi connectivity index (χ1n) is 10.1. The largest absolute Gasteiger partial charge is 0.493 e. The highest BCUT2D eigenvalue weighted by molar-refractivity contribution is 5.88. The molecule has 0 aliphatic heterocycles. The fourth-order valence-electron chi connectivity index (χ4n) is 3.72. The Kier molecular flexibility index (Phi) is 8.15. The van der Waals surface area contributed by atoms with E-state index in [-0.39, 0.29) is 23.7 Å². The van der Waals surface area contributed by atoms with Crippen molar-refractivity contribution >= 4 is 11.8 Å². The van der Waals surface area contributed by atoms with E-state index in [1.54, 1.807) is 26.2 Å². The number of benzene rings is 1. The maximum atomic E-state index is 13.0. The fourth-order valence-corrected chi connectivity index (χ4v) is 3.72. The standard InChI is InChI=1S/C22H34N2O4/c1-15(2)20(23-21(25)17-9-7-6-8-10-17)22(26)24(3)14-16-11-12-18(27-4)19(13-16)28-5/h11-13,15,17,20H,6-10,14H2,1-5H3,(H,23,25). The number of amides is 2. The van der Waals surface area contributed by atoms with E-state index in [0.29, 0.717) is 18.0 Å². The topological polar surface area (TPSA) is 67.9 Å². The molecule has 1 atom stereocenters. The number of rotatable bonds is 8. The molecule has 1 unspecified atom stereocenters. The van der Waals surface area contributed by atoms with Crippen LogP contribution in [-0.4, -0.2) is 44.0 Å². The number of carbonyl (C=O) groups excluding carboxylic acids is 2. The van der Waals surface area contributed by atoms with Gasteiger partial charge in [-0.05, 0) is 36.5 Å². The minimum absolute atomic E-state index is 0.0197. The summed E-state index contributed by atoms with van der Waals surface area (Å²) in [5.74, 6) is 1.29. The predicted molar refractivity (Wildman–Crippen MR) is 109 cm³/mol. The summed E-state index contributed by atoms with van der Waals surface area (Å²) < 4.78 is 10.6. The highest BCUT2D eigenvalue weighted by atomic mass is 16.5. The van der Waals surface area contributed by atoms with Gasteiger partial charge in [-0.3, -0.25) is 9.59 Å². The van der Waals surface area contributed by atoms with Crippen LogP contribution in [0.5, 0.6) is 11.5 Å². The SMILES string of the molecule is COc1ccc(CN(C)C(=O)C(NC(=O)C2CCCCC2)C(C)C)cc1OC. The van der Waals surface area contributed by atoms with Crippen LogP contribution in [0.2, 0.25) is 0 Å². The van der Waals surface area contributed by atoms with Crippen molar-refractivity contribution in [2.75, 3.05) is 21.3 Å². The average Bonchev–Trinajstić information content (AvgIpc) is 2.71. The van der Waals surface area contributed by atoms with Crippen LogP contribution in [-0.2, 0) is 16.1 Å².